The van der Waals surface area contributed by atoms with E-state index in [-0.39, 0.29) is 18.4 Å². The second-order valence-corrected chi connectivity index (χ2v) is 12.1. The minimum Gasteiger partial charge on any atom is -0.481 e. The van der Waals surface area contributed by atoms with Gasteiger partial charge in [-0.1, -0.05) is 98.8 Å². The lowest BCUT2D eigenvalue weighted by Gasteiger charge is -2.40. The molecule has 1 fully saturated rings. The van der Waals surface area contributed by atoms with E-state index in [1.54, 1.807) is 0 Å². The number of amides is 1. The topological polar surface area (TPSA) is 85.8 Å². The first-order chi connectivity index (χ1) is 22.3. The number of carboxylic acid groups (broad SMARTS) is 1. The van der Waals surface area contributed by atoms with Crippen molar-refractivity contribution in [2.45, 2.75) is 46.1 Å². The van der Waals surface area contributed by atoms with E-state index in [1.807, 2.05) is 50.3 Å². The van der Waals surface area contributed by atoms with Crippen molar-refractivity contribution in [3.63, 3.8) is 0 Å². The zero-order valence-corrected chi connectivity index (χ0v) is 27.0. The number of aryl methyl sites for hydroxylation is 1. The first-order valence-electron chi connectivity index (χ1n) is 16.2. The van der Waals surface area contributed by atoms with Crippen LogP contribution < -0.4 is 10.2 Å². The third-order valence-corrected chi connectivity index (χ3v) is 9.27. The van der Waals surface area contributed by atoms with E-state index >= 15 is 0 Å². The van der Waals surface area contributed by atoms with Crippen molar-refractivity contribution in [1.82, 2.24) is 9.88 Å². The molecule has 3 aromatic carbocycles. The van der Waals surface area contributed by atoms with Gasteiger partial charge < -0.3 is 15.3 Å². The van der Waals surface area contributed by atoms with E-state index < -0.39 is 11.4 Å². The molecule has 0 radical (unpaired) electrons. The molecule has 0 spiro atoms. The van der Waals surface area contributed by atoms with E-state index in [0.29, 0.717) is 18.5 Å². The first-order valence-corrected chi connectivity index (χ1v) is 16.2. The van der Waals surface area contributed by atoms with E-state index in [2.05, 4.69) is 94.8 Å². The lowest BCUT2D eigenvalue weighted by molar-refractivity contribution is -0.151. The van der Waals surface area contributed by atoms with E-state index in [1.165, 1.54) is 11.1 Å². The number of carbonyl (C=O) groups excluding carboxylic acids is 1. The zero-order chi connectivity index (χ0) is 32.5. The van der Waals surface area contributed by atoms with Crippen LogP contribution >= 0.6 is 0 Å². The van der Waals surface area contributed by atoms with Gasteiger partial charge in [-0.2, -0.15) is 0 Å². The van der Waals surface area contributed by atoms with Gasteiger partial charge in [0, 0.05) is 38.3 Å². The molecule has 0 atom stereocenters. The van der Waals surface area contributed by atoms with Gasteiger partial charge in [-0.3, -0.25) is 14.5 Å². The number of carboxylic acids is 1. The summed E-state index contributed by atoms with van der Waals surface area (Å²) >= 11 is 0. The molecule has 46 heavy (non-hydrogen) atoms. The van der Waals surface area contributed by atoms with Crippen molar-refractivity contribution in [2.24, 2.45) is 5.41 Å². The number of hydrogen-bond donors (Lipinski definition) is 2. The summed E-state index contributed by atoms with van der Waals surface area (Å²) in [5, 5.41) is 12.6. The molecule has 5 rings (SSSR count). The summed E-state index contributed by atoms with van der Waals surface area (Å²) in [5.74, 6) is -0.257. The Morgan fingerprint density at radius 2 is 1.48 bits per heavy atom. The van der Waals surface area contributed by atoms with Crippen LogP contribution in [-0.4, -0.2) is 53.0 Å². The van der Waals surface area contributed by atoms with Gasteiger partial charge in [-0.15, -0.1) is 0 Å². The Balaban J connectivity index is 1.25. The maximum Gasteiger partial charge on any atom is 0.310 e. The normalized spacial score (nSPS) is 14.1. The Morgan fingerprint density at radius 3 is 2.07 bits per heavy atom. The molecular weight excluding hydrogens is 572 g/mol. The number of nitrogens with zero attached hydrogens (tertiary/aromatic N) is 3. The van der Waals surface area contributed by atoms with Crippen molar-refractivity contribution in [1.29, 1.82) is 0 Å². The fourth-order valence-corrected chi connectivity index (χ4v) is 6.26. The maximum absolute atomic E-state index is 12.8. The zero-order valence-electron chi connectivity index (χ0n) is 27.0. The van der Waals surface area contributed by atoms with Crippen LogP contribution in [0.5, 0.6) is 0 Å². The second-order valence-electron chi connectivity index (χ2n) is 12.1. The van der Waals surface area contributed by atoms with Crippen LogP contribution in [0, 0.1) is 12.3 Å². The largest absolute Gasteiger partial charge is 0.481 e. The molecule has 2 heterocycles. The summed E-state index contributed by atoms with van der Waals surface area (Å²) in [6.45, 7) is 9.32. The standard InChI is InChI=1S/C39H44N4O3/c1-4-39(5-2,38(45)46)28-36(44)40-33-18-12-13-30(27-33)20-21-34-29(3)19-22-35(41-34)42-23-25-43(26-24-42)37(31-14-8-6-9-15-31)32-16-10-7-11-17-32/h6-22,27,37H,4-5,23-26,28H2,1-3H3,(H,40,44)(H,45,46). The van der Waals surface area contributed by atoms with Crippen LogP contribution in [0.4, 0.5) is 11.5 Å². The molecule has 2 N–H and O–H groups in total. The van der Waals surface area contributed by atoms with Crippen LogP contribution in [0.1, 0.15) is 67.1 Å². The van der Waals surface area contributed by atoms with Gasteiger partial charge in [0.15, 0.2) is 0 Å². The molecule has 238 valence electrons. The van der Waals surface area contributed by atoms with Crippen molar-refractivity contribution >= 4 is 35.5 Å². The van der Waals surface area contributed by atoms with Gasteiger partial charge in [-0.25, -0.2) is 4.98 Å². The Kier molecular flexibility index (Phi) is 10.7. The van der Waals surface area contributed by atoms with Gasteiger partial charge in [0.05, 0.1) is 17.2 Å². The fraction of sp³-hybridized carbons (Fsp3) is 0.308. The molecule has 7 heteroatoms. The highest BCUT2D eigenvalue weighted by molar-refractivity contribution is 5.94. The second kappa shape index (κ2) is 15.0. The molecular formula is C39H44N4O3. The molecule has 1 amide bonds. The predicted molar refractivity (Wildman–Crippen MR) is 187 cm³/mol. The monoisotopic (exact) mass is 616 g/mol. The number of aliphatic carboxylic acids is 1. The molecule has 1 aliphatic rings. The number of nitrogens with one attached hydrogen (secondary N) is 1. The van der Waals surface area contributed by atoms with E-state index in [9.17, 15) is 14.7 Å². The molecule has 1 saturated heterocycles. The molecule has 0 bridgehead atoms. The summed E-state index contributed by atoms with van der Waals surface area (Å²) in [6, 6.07) is 33.5. The number of benzene rings is 3. The van der Waals surface area contributed by atoms with Crippen molar-refractivity contribution < 1.29 is 14.7 Å². The molecule has 0 saturated carbocycles. The van der Waals surface area contributed by atoms with E-state index in [4.69, 9.17) is 4.98 Å². The average molecular weight is 617 g/mol. The minimum atomic E-state index is -1.05. The van der Waals surface area contributed by atoms with Crippen molar-refractivity contribution in [3.05, 3.63) is 125 Å². The molecule has 1 aromatic heterocycles. The SMILES string of the molecule is CCC(CC)(CC(=O)Nc1cccc(C=Cc2nc(N3CCN(C(c4ccccc4)c4ccccc4)CC3)ccc2C)c1)C(=O)O. The molecule has 1 aliphatic heterocycles. The fourth-order valence-electron chi connectivity index (χ4n) is 6.26. The van der Waals surface area contributed by atoms with E-state index in [0.717, 1.165) is 48.8 Å². The van der Waals surface area contributed by atoms with Gasteiger partial charge >= 0.3 is 5.97 Å². The summed E-state index contributed by atoms with van der Waals surface area (Å²) in [5.41, 5.74) is 5.11. The average Bonchev–Trinajstić information content (AvgIpc) is 3.08. The predicted octanol–water partition coefficient (Wildman–Crippen LogP) is 7.69. The Hall–Kier alpha value is -4.75. The Labute approximate surface area is 272 Å². The summed E-state index contributed by atoms with van der Waals surface area (Å²) in [7, 11) is 0. The minimum absolute atomic E-state index is 0.0568. The van der Waals surface area contributed by atoms with Crippen LogP contribution in [0.25, 0.3) is 12.2 Å². The van der Waals surface area contributed by atoms with Crippen LogP contribution in [0.2, 0.25) is 0 Å². The quantitative estimate of drug-likeness (QED) is 0.170. The number of aromatic nitrogens is 1. The summed E-state index contributed by atoms with van der Waals surface area (Å²) in [4.78, 5) is 34.6. The molecule has 4 aromatic rings. The smallest absolute Gasteiger partial charge is 0.310 e. The van der Waals surface area contributed by atoms with Crippen LogP contribution in [-0.2, 0) is 9.59 Å². The third-order valence-electron chi connectivity index (χ3n) is 9.27. The van der Waals surface area contributed by atoms with Gasteiger partial charge in [0.1, 0.15) is 5.82 Å². The van der Waals surface area contributed by atoms with Crippen molar-refractivity contribution in [3.8, 4) is 0 Å². The highest BCUT2D eigenvalue weighted by Gasteiger charge is 2.37. The van der Waals surface area contributed by atoms with Gasteiger partial charge in [0.25, 0.3) is 0 Å². The third kappa shape index (κ3) is 7.72. The molecule has 0 aliphatic carbocycles. The number of anilines is 2. The van der Waals surface area contributed by atoms with Crippen LogP contribution in [0.15, 0.2) is 97.1 Å². The van der Waals surface area contributed by atoms with Gasteiger partial charge in [0.2, 0.25) is 5.91 Å². The highest BCUT2D eigenvalue weighted by atomic mass is 16.4. The lowest BCUT2D eigenvalue weighted by Crippen LogP contribution is -2.48. The summed E-state index contributed by atoms with van der Waals surface area (Å²) < 4.78 is 0. The van der Waals surface area contributed by atoms with Crippen molar-refractivity contribution in [2.75, 3.05) is 36.4 Å². The number of piperazine rings is 1. The highest BCUT2D eigenvalue weighted by Crippen LogP contribution is 2.32. The summed E-state index contributed by atoms with van der Waals surface area (Å²) in [6.07, 6.45) is 4.76. The lowest BCUT2D eigenvalue weighted by atomic mass is 9.79. The Morgan fingerprint density at radius 1 is 0.848 bits per heavy atom. The number of hydrogen-bond acceptors (Lipinski definition) is 5. The van der Waals surface area contributed by atoms with Crippen LogP contribution in [0.3, 0.4) is 0 Å². The number of carbonyl (C=O) groups is 2. The molecule has 7 nitrogen and oxygen atoms in total. The first kappa shape index (κ1) is 32.6. The number of pyridine rings is 1. The Bertz CT molecular complexity index is 1600. The number of rotatable bonds is 12. The maximum atomic E-state index is 12.8. The molecule has 0 unspecified atom stereocenters. The van der Waals surface area contributed by atoms with Gasteiger partial charge in [-0.05, 0) is 66.3 Å².